The fraction of sp³-hybridized carbons (Fsp3) is 0.200. The summed E-state index contributed by atoms with van der Waals surface area (Å²) in [4.78, 5) is 0. The molecule has 0 aliphatic rings. The minimum atomic E-state index is -0.108. The first-order valence-electron chi connectivity index (χ1n) is 6.09. The Kier molecular flexibility index (Phi) is 4.70. The van der Waals surface area contributed by atoms with E-state index in [0.29, 0.717) is 16.6 Å². The molecule has 1 unspecified atom stereocenters. The molecule has 0 aliphatic heterocycles. The van der Waals surface area contributed by atoms with E-state index in [0.717, 1.165) is 11.3 Å². The van der Waals surface area contributed by atoms with Crippen molar-refractivity contribution in [2.45, 2.75) is 13.0 Å². The molecule has 2 aromatic carbocycles. The second-order valence-electron chi connectivity index (χ2n) is 4.44. The zero-order valence-corrected chi connectivity index (χ0v) is 12.2. The molecule has 0 aliphatic carbocycles. The lowest BCUT2D eigenvalue weighted by Crippen LogP contribution is -2.21. The van der Waals surface area contributed by atoms with E-state index in [1.54, 1.807) is 0 Å². The molecular weight excluding hydrogens is 279 g/mol. The molecule has 0 bridgehead atoms. The van der Waals surface area contributed by atoms with Gasteiger partial charge in [-0.2, -0.15) is 0 Å². The number of hydrogen-bond acceptors (Lipinski definition) is 2. The summed E-state index contributed by atoms with van der Waals surface area (Å²) in [7, 11) is 0. The van der Waals surface area contributed by atoms with Crippen molar-refractivity contribution in [3.05, 3.63) is 63.6 Å². The average molecular weight is 295 g/mol. The van der Waals surface area contributed by atoms with Crippen LogP contribution in [0.2, 0.25) is 10.0 Å². The Morgan fingerprint density at radius 3 is 2.32 bits per heavy atom. The number of nitrogens with one attached hydrogen (secondary N) is 1. The van der Waals surface area contributed by atoms with Crippen LogP contribution in [0.5, 0.6) is 0 Å². The van der Waals surface area contributed by atoms with Crippen LogP contribution in [0.15, 0.2) is 42.5 Å². The summed E-state index contributed by atoms with van der Waals surface area (Å²) in [6, 6.07) is 13.5. The molecule has 0 saturated heterocycles. The lowest BCUT2D eigenvalue weighted by atomic mass is 10.1. The van der Waals surface area contributed by atoms with E-state index in [1.807, 2.05) is 43.3 Å². The summed E-state index contributed by atoms with van der Waals surface area (Å²) in [5, 5.41) is 4.63. The van der Waals surface area contributed by atoms with Crippen molar-refractivity contribution >= 4 is 28.9 Å². The van der Waals surface area contributed by atoms with Crippen LogP contribution in [0.4, 0.5) is 5.69 Å². The van der Waals surface area contributed by atoms with Gasteiger partial charge < -0.3 is 11.1 Å². The first kappa shape index (κ1) is 14.2. The lowest BCUT2D eigenvalue weighted by molar-refractivity contribution is 0.790. The molecular formula is C15H16Cl2N2. The van der Waals surface area contributed by atoms with Crippen molar-refractivity contribution < 1.29 is 0 Å². The van der Waals surface area contributed by atoms with Crippen molar-refractivity contribution in [2.75, 3.05) is 11.9 Å². The third-order valence-electron chi connectivity index (χ3n) is 2.94. The van der Waals surface area contributed by atoms with Crippen molar-refractivity contribution in [1.29, 1.82) is 0 Å². The van der Waals surface area contributed by atoms with Gasteiger partial charge in [-0.1, -0.05) is 41.4 Å². The van der Waals surface area contributed by atoms with Gasteiger partial charge in [0, 0.05) is 27.8 Å². The highest BCUT2D eigenvalue weighted by Gasteiger charge is 2.16. The summed E-state index contributed by atoms with van der Waals surface area (Å²) in [6.07, 6.45) is 0. The molecule has 2 rings (SSSR count). The fourth-order valence-corrected chi connectivity index (χ4v) is 2.69. The Hall–Kier alpha value is -1.22. The van der Waals surface area contributed by atoms with Crippen LogP contribution in [-0.2, 0) is 0 Å². The Morgan fingerprint density at radius 1 is 1.11 bits per heavy atom. The molecule has 1 atom stereocenters. The third kappa shape index (κ3) is 3.41. The van der Waals surface area contributed by atoms with Gasteiger partial charge in [0.2, 0.25) is 0 Å². The van der Waals surface area contributed by atoms with Gasteiger partial charge in [-0.3, -0.25) is 0 Å². The van der Waals surface area contributed by atoms with Crippen LogP contribution in [0.1, 0.15) is 17.2 Å². The van der Waals surface area contributed by atoms with Gasteiger partial charge in [-0.15, -0.1) is 0 Å². The molecule has 3 N–H and O–H groups in total. The minimum Gasteiger partial charge on any atom is -0.377 e. The van der Waals surface area contributed by atoms with Gasteiger partial charge in [0.05, 0.1) is 6.04 Å². The van der Waals surface area contributed by atoms with Crippen LogP contribution in [0.25, 0.3) is 0 Å². The van der Waals surface area contributed by atoms with Gasteiger partial charge in [-0.05, 0) is 36.8 Å². The van der Waals surface area contributed by atoms with Crippen LogP contribution in [0.3, 0.4) is 0 Å². The Balaban J connectivity index is 2.30. The van der Waals surface area contributed by atoms with E-state index in [2.05, 4.69) is 11.4 Å². The Morgan fingerprint density at radius 2 is 1.74 bits per heavy atom. The summed E-state index contributed by atoms with van der Waals surface area (Å²) in [6.45, 7) is 2.46. The second kappa shape index (κ2) is 6.29. The summed E-state index contributed by atoms with van der Waals surface area (Å²) >= 11 is 12.4. The number of rotatable bonds is 4. The highest BCUT2D eigenvalue weighted by molar-refractivity contribution is 6.36. The predicted octanol–water partition coefficient (Wildman–Crippen LogP) is 4.41. The monoisotopic (exact) mass is 294 g/mol. The van der Waals surface area contributed by atoms with E-state index in [9.17, 15) is 0 Å². The number of benzene rings is 2. The van der Waals surface area contributed by atoms with Gasteiger partial charge in [0.15, 0.2) is 0 Å². The van der Waals surface area contributed by atoms with Gasteiger partial charge in [0.25, 0.3) is 0 Å². The largest absolute Gasteiger partial charge is 0.377 e. The predicted molar refractivity (Wildman–Crippen MR) is 83.1 cm³/mol. The average Bonchev–Trinajstić information content (AvgIpc) is 2.37. The molecule has 0 radical (unpaired) electrons. The maximum Gasteiger partial charge on any atom is 0.0665 e. The number of anilines is 1. The first-order valence-corrected chi connectivity index (χ1v) is 6.84. The van der Waals surface area contributed by atoms with Gasteiger partial charge >= 0.3 is 0 Å². The van der Waals surface area contributed by atoms with Crippen molar-refractivity contribution in [3.8, 4) is 0 Å². The van der Waals surface area contributed by atoms with E-state index in [4.69, 9.17) is 28.9 Å². The molecule has 4 heteroatoms. The highest BCUT2D eigenvalue weighted by Crippen LogP contribution is 2.31. The summed E-state index contributed by atoms with van der Waals surface area (Å²) < 4.78 is 0. The summed E-state index contributed by atoms with van der Waals surface area (Å²) in [5.41, 5.74) is 8.88. The molecule has 0 amide bonds. The smallest absolute Gasteiger partial charge is 0.0665 e. The van der Waals surface area contributed by atoms with Gasteiger partial charge in [0.1, 0.15) is 0 Å². The summed E-state index contributed by atoms with van der Waals surface area (Å²) in [5.74, 6) is 0. The number of hydrogen-bond donors (Lipinski definition) is 2. The van der Waals surface area contributed by atoms with Crippen LogP contribution in [-0.4, -0.2) is 6.54 Å². The van der Waals surface area contributed by atoms with Gasteiger partial charge in [-0.25, -0.2) is 0 Å². The Bertz CT molecular complexity index is 550. The molecule has 0 aromatic heterocycles. The third-order valence-corrected chi connectivity index (χ3v) is 3.60. The number of halogens is 2. The van der Waals surface area contributed by atoms with Crippen molar-refractivity contribution in [3.63, 3.8) is 0 Å². The van der Waals surface area contributed by atoms with Crippen LogP contribution < -0.4 is 11.1 Å². The van der Waals surface area contributed by atoms with Crippen LogP contribution >= 0.6 is 23.2 Å². The quantitative estimate of drug-likeness (QED) is 0.876. The molecule has 2 nitrogen and oxygen atoms in total. The minimum absolute atomic E-state index is 0.108. The standard InChI is InChI=1S/C15H16Cl2N2/c1-10-4-2-5-11(8-10)19-14(9-18)15-12(16)6-3-7-13(15)17/h2-8,14,19H,9,18H2,1H3. The van der Waals surface area contributed by atoms with E-state index < -0.39 is 0 Å². The Labute approximate surface area is 123 Å². The molecule has 0 saturated carbocycles. The maximum absolute atomic E-state index is 6.22. The molecule has 0 heterocycles. The zero-order valence-electron chi connectivity index (χ0n) is 10.7. The maximum atomic E-state index is 6.22. The van der Waals surface area contributed by atoms with Crippen molar-refractivity contribution in [2.24, 2.45) is 5.73 Å². The van der Waals surface area contributed by atoms with E-state index >= 15 is 0 Å². The molecule has 100 valence electrons. The van der Waals surface area contributed by atoms with E-state index in [1.165, 1.54) is 5.56 Å². The fourth-order valence-electron chi connectivity index (χ4n) is 2.03. The zero-order chi connectivity index (χ0) is 13.8. The second-order valence-corrected chi connectivity index (χ2v) is 5.25. The lowest BCUT2D eigenvalue weighted by Gasteiger charge is -2.21. The molecule has 2 aromatic rings. The highest BCUT2D eigenvalue weighted by atomic mass is 35.5. The van der Waals surface area contributed by atoms with E-state index in [-0.39, 0.29) is 6.04 Å². The van der Waals surface area contributed by atoms with Crippen molar-refractivity contribution in [1.82, 2.24) is 0 Å². The SMILES string of the molecule is Cc1cccc(NC(CN)c2c(Cl)cccc2Cl)c1. The topological polar surface area (TPSA) is 38.0 Å². The molecule has 0 fully saturated rings. The normalized spacial score (nSPS) is 12.2. The van der Waals surface area contributed by atoms with Crippen LogP contribution in [0, 0.1) is 6.92 Å². The molecule has 19 heavy (non-hydrogen) atoms. The number of nitrogens with two attached hydrogens (primary N) is 1. The first-order chi connectivity index (χ1) is 9.11. The number of aryl methyl sites for hydroxylation is 1. The molecule has 0 spiro atoms.